The van der Waals surface area contributed by atoms with Crippen LogP contribution in [0.1, 0.15) is 36.9 Å². The minimum Gasteiger partial charge on any atom is -0.312 e. The molecule has 18 heavy (non-hydrogen) atoms. The van der Waals surface area contributed by atoms with Gasteiger partial charge in [0.05, 0.1) is 0 Å². The van der Waals surface area contributed by atoms with Crippen molar-refractivity contribution < 1.29 is 0 Å². The number of fused-ring (bicyclic) bond motifs is 1. The number of hydrogen-bond acceptors (Lipinski definition) is 2. The van der Waals surface area contributed by atoms with Crippen molar-refractivity contribution in [2.45, 2.75) is 38.3 Å². The maximum Gasteiger partial charge on any atom is 0.0478 e. The predicted molar refractivity (Wildman–Crippen MR) is 75.7 cm³/mol. The molecule has 1 aromatic rings. The second kappa shape index (κ2) is 5.02. The smallest absolute Gasteiger partial charge is 0.0478 e. The van der Waals surface area contributed by atoms with Gasteiger partial charge in [-0.15, -0.1) is 0 Å². The van der Waals surface area contributed by atoms with E-state index in [1.807, 2.05) is 0 Å². The SMILES string of the molecule is CNC1c2ccccc2CCC1N1CCC(C)C1. The molecule has 1 saturated heterocycles. The monoisotopic (exact) mass is 244 g/mol. The Kier molecular flexibility index (Phi) is 3.40. The number of nitrogens with zero attached hydrogens (tertiary/aromatic N) is 1. The number of benzene rings is 1. The van der Waals surface area contributed by atoms with Gasteiger partial charge in [0.25, 0.3) is 0 Å². The van der Waals surface area contributed by atoms with Crippen LogP contribution >= 0.6 is 0 Å². The third-order valence-electron chi connectivity index (χ3n) is 4.72. The standard InChI is InChI=1S/C16H24N2/c1-12-9-10-18(11-12)15-8-7-13-5-3-4-6-14(13)16(15)17-2/h3-6,12,15-17H,7-11H2,1-2H3. The van der Waals surface area contributed by atoms with Crippen LogP contribution in [0.5, 0.6) is 0 Å². The van der Waals surface area contributed by atoms with Gasteiger partial charge in [0.1, 0.15) is 0 Å². The normalized spacial score (nSPS) is 32.4. The first-order valence-corrected chi connectivity index (χ1v) is 7.28. The van der Waals surface area contributed by atoms with Gasteiger partial charge in [0, 0.05) is 18.6 Å². The summed E-state index contributed by atoms with van der Waals surface area (Å²) in [5, 5.41) is 3.56. The van der Waals surface area contributed by atoms with E-state index >= 15 is 0 Å². The van der Waals surface area contributed by atoms with E-state index < -0.39 is 0 Å². The van der Waals surface area contributed by atoms with Gasteiger partial charge in [-0.05, 0) is 49.9 Å². The topological polar surface area (TPSA) is 15.3 Å². The van der Waals surface area contributed by atoms with E-state index in [-0.39, 0.29) is 0 Å². The van der Waals surface area contributed by atoms with Crippen LogP contribution in [0.15, 0.2) is 24.3 Å². The van der Waals surface area contributed by atoms with Crippen LogP contribution in [-0.2, 0) is 6.42 Å². The third-order valence-corrected chi connectivity index (χ3v) is 4.72. The van der Waals surface area contributed by atoms with Crippen LogP contribution < -0.4 is 5.32 Å². The Morgan fingerprint density at radius 2 is 2.06 bits per heavy atom. The molecule has 0 radical (unpaired) electrons. The Hall–Kier alpha value is -0.860. The van der Waals surface area contributed by atoms with Gasteiger partial charge in [-0.3, -0.25) is 4.90 Å². The molecule has 0 aromatic heterocycles. The Labute approximate surface area is 110 Å². The summed E-state index contributed by atoms with van der Waals surface area (Å²) in [6.45, 7) is 4.95. The van der Waals surface area contributed by atoms with Crippen molar-refractivity contribution in [1.29, 1.82) is 0 Å². The molecule has 1 N–H and O–H groups in total. The first kappa shape index (κ1) is 12.2. The van der Waals surface area contributed by atoms with Gasteiger partial charge in [0.15, 0.2) is 0 Å². The molecule has 0 amide bonds. The minimum absolute atomic E-state index is 0.514. The van der Waals surface area contributed by atoms with E-state index in [4.69, 9.17) is 0 Å². The fourth-order valence-electron chi connectivity index (χ4n) is 3.75. The van der Waals surface area contributed by atoms with Crippen LogP contribution in [-0.4, -0.2) is 31.1 Å². The molecular weight excluding hydrogens is 220 g/mol. The second-order valence-corrected chi connectivity index (χ2v) is 5.96. The first-order valence-electron chi connectivity index (χ1n) is 7.28. The lowest BCUT2D eigenvalue weighted by Crippen LogP contribution is -2.45. The number of likely N-dealkylation sites (N-methyl/N-ethyl adjacent to an activating group) is 1. The molecule has 1 heterocycles. The molecule has 2 heteroatoms. The summed E-state index contributed by atoms with van der Waals surface area (Å²) >= 11 is 0. The zero-order chi connectivity index (χ0) is 12.5. The highest BCUT2D eigenvalue weighted by Crippen LogP contribution is 2.34. The summed E-state index contributed by atoms with van der Waals surface area (Å²) in [5.41, 5.74) is 3.07. The molecule has 3 rings (SSSR count). The Balaban J connectivity index is 1.85. The summed E-state index contributed by atoms with van der Waals surface area (Å²) in [5.74, 6) is 0.875. The molecule has 1 aromatic carbocycles. The molecule has 2 aliphatic rings. The molecule has 3 unspecified atom stereocenters. The predicted octanol–water partition coefficient (Wildman–Crippen LogP) is 2.60. The maximum atomic E-state index is 3.56. The molecule has 1 fully saturated rings. The fraction of sp³-hybridized carbons (Fsp3) is 0.625. The van der Waals surface area contributed by atoms with Crippen molar-refractivity contribution in [2.75, 3.05) is 20.1 Å². The van der Waals surface area contributed by atoms with Crippen molar-refractivity contribution in [3.05, 3.63) is 35.4 Å². The molecule has 0 bridgehead atoms. The number of likely N-dealkylation sites (tertiary alicyclic amines) is 1. The van der Waals surface area contributed by atoms with Crippen molar-refractivity contribution in [1.82, 2.24) is 10.2 Å². The van der Waals surface area contributed by atoms with Gasteiger partial charge < -0.3 is 5.32 Å². The summed E-state index contributed by atoms with van der Waals surface area (Å²) in [6.07, 6.45) is 3.91. The summed E-state index contributed by atoms with van der Waals surface area (Å²) in [4.78, 5) is 2.71. The third kappa shape index (κ3) is 2.08. The van der Waals surface area contributed by atoms with Gasteiger partial charge in [-0.2, -0.15) is 0 Å². The van der Waals surface area contributed by atoms with Crippen LogP contribution in [0.25, 0.3) is 0 Å². The second-order valence-electron chi connectivity index (χ2n) is 5.96. The van der Waals surface area contributed by atoms with Crippen LogP contribution in [0.2, 0.25) is 0 Å². The van der Waals surface area contributed by atoms with Crippen molar-refractivity contribution >= 4 is 0 Å². The van der Waals surface area contributed by atoms with E-state index in [0.29, 0.717) is 12.1 Å². The lowest BCUT2D eigenvalue weighted by atomic mass is 9.83. The van der Waals surface area contributed by atoms with Crippen LogP contribution in [0.3, 0.4) is 0 Å². The molecular formula is C16H24N2. The molecule has 3 atom stereocenters. The highest BCUT2D eigenvalue weighted by atomic mass is 15.2. The van der Waals surface area contributed by atoms with Gasteiger partial charge in [-0.1, -0.05) is 31.2 Å². The highest BCUT2D eigenvalue weighted by Gasteiger charge is 2.34. The Bertz CT molecular complexity index is 415. The lowest BCUT2D eigenvalue weighted by Gasteiger charge is -2.39. The molecule has 98 valence electrons. The number of aryl methyl sites for hydroxylation is 1. The number of rotatable bonds is 2. The number of hydrogen-bond donors (Lipinski definition) is 1. The number of nitrogens with one attached hydrogen (secondary N) is 1. The first-order chi connectivity index (χ1) is 8.79. The van der Waals surface area contributed by atoms with Gasteiger partial charge >= 0.3 is 0 Å². The lowest BCUT2D eigenvalue weighted by molar-refractivity contribution is 0.172. The maximum absolute atomic E-state index is 3.56. The zero-order valence-electron chi connectivity index (χ0n) is 11.5. The van der Waals surface area contributed by atoms with E-state index in [9.17, 15) is 0 Å². The minimum atomic E-state index is 0.514. The van der Waals surface area contributed by atoms with Crippen molar-refractivity contribution in [2.24, 2.45) is 5.92 Å². The molecule has 1 aliphatic heterocycles. The summed E-state index contributed by atoms with van der Waals surface area (Å²) < 4.78 is 0. The van der Waals surface area contributed by atoms with Gasteiger partial charge in [-0.25, -0.2) is 0 Å². The van der Waals surface area contributed by atoms with Crippen molar-refractivity contribution in [3.63, 3.8) is 0 Å². The molecule has 1 aliphatic carbocycles. The van der Waals surface area contributed by atoms with E-state index in [1.165, 1.54) is 37.9 Å². The van der Waals surface area contributed by atoms with Crippen LogP contribution in [0.4, 0.5) is 0 Å². The van der Waals surface area contributed by atoms with E-state index in [2.05, 4.69) is 48.5 Å². The average Bonchev–Trinajstić information content (AvgIpc) is 2.84. The fourth-order valence-corrected chi connectivity index (χ4v) is 3.75. The molecule has 2 nitrogen and oxygen atoms in total. The highest BCUT2D eigenvalue weighted by molar-refractivity contribution is 5.34. The Morgan fingerprint density at radius 1 is 1.22 bits per heavy atom. The summed E-state index contributed by atoms with van der Waals surface area (Å²) in [6, 6.07) is 10.2. The molecule has 0 saturated carbocycles. The quantitative estimate of drug-likeness (QED) is 0.860. The van der Waals surface area contributed by atoms with E-state index in [0.717, 1.165) is 5.92 Å². The Morgan fingerprint density at radius 3 is 2.78 bits per heavy atom. The average molecular weight is 244 g/mol. The van der Waals surface area contributed by atoms with Crippen LogP contribution in [0, 0.1) is 5.92 Å². The van der Waals surface area contributed by atoms with E-state index in [1.54, 1.807) is 5.56 Å². The van der Waals surface area contributed by atoms with Crippen molar-refractivity contribution in [3.8, 4) is 0 Å². The molecule has 0 spiro atoms. The van der Waals surface area contributed by atoms with Gasteiger partial charge in [0.2, 0.25) is 0 Å². The zero-order valence-corrected chi connectivity index (χ0v) is 11.5. The largest absolute Gasteiger partial charge is 0.312 e. The summed E-state index contributed by atoms with van der Waals surface area (Å²) in [7, 11) is 2.11.